The zero-order chi connectivity index (χ0) is 17.5. The van der Waals surface area contributed by atoms with Crippen LogP contribution in [-0.4, -0.2) is 43.0 Å². The van der Waals surface area contributed by atoms with Crippen LogP contribution in [0.3, 0.4) is 0 Å². The van der Waals surface area contributed by atoms with Gasteiger partial charge in [0.15, 0.2) is 0 Å². The molecule has 2 rings (SSSR count). The summed E-state index contributed by atoms with van der Waals surface area (Å²) in [5, 5.41) is 2.95. The van der Waals surface area contributed by atoms with Gasteiger partial charge in [-0.15, -0.1) is 12.4 Å². The number of halogens is 1. The lowest BCUT2D eigenvalue weighted by Gasteiger charge is -2.31. The maximum atomic E-state index is 12.1. The van der Waals surface area contributed by atoms with Gasteiger partial charge in [0.1, 0.15) is 0 Å². The van der Waals surface area contributed by atoms with Crippen LogP contribution in [0.4, 0.5) is 5.69 Å². The van der Waals surface area contributed by atoms with Gasteiger partial charge in [-0.25, -0.2) is 0 Å². The van der Waals surface area contributed by atoms with E-state index in [1.54, 1.807) is 0 Å². The van der Waals surface area contributed by atoms with E-state index in [0.717, 1.165) is 25.1 Å². The fourth-order valence-corrected chi connectivity index (χ4v) is 3.01. The van der Waals surface area contributed by atoms with Crippen LogP contribution in [0, 0.1) is 19.8 Å². The zero-order valence-electron chi connectivity index (χ0n) is 15.3. The summed E-state index contributed by atoms with van der Waals surface area (Å²) in [6, 6.07) is 5.93. The third-order valence-corrected chi connectivity index (χ3v) is 4.57. The fourth-order valence-electron chi connectivity index (χ4n) is 3.01. The molecule has 1 atom stereocenters. The highest BCUT2D eigenvalue weighted by atomic mass is 35.5. The minimum absolute atomic E-state index is 0. The molecular weight excluding hydrogens is 340 g/mol. The predicted octanol–water partition coefficient (Wildman–Crippen LogP) is 3.33. The summed E-state index contributed by atoms with van der Waals surface area (Å²) in [7, 11) is 0. The summed E-state index contributed by atoms with van der Waals surface area (Å²) in [4.78, 5) is 26.2. The second-order valence-corrected chi connectivity index (χ2v) is 6.49. The molecule has 5 nitrogen and oxygen atoms in total. The van der Waals surface area contributed by atoms with Crippen molar-refractivity contribution >= 4 is 30.0 Å². The Bertz CT molecular complexity index is 592. The predicted molar refractivity (Wildman–Crippen MR) is 102 cm³/mol. The number of nitrogens with zero attached hydrogens (tertiary/aromatic N) is 1. The molecule has 0 bridgehead atoms. The molecule has 6 heteroatoms. The van der Waals surface area contributed by atoms with Crippen molar-refractivity contribution in [2.75, 3.05) is 31.6 Å². The van der Waals surface area contributed by atoms with E-state index in [1.165, 1.54) is 11.1 Å². The second kappa shape index (κ2) is 10.4. The molecule has 1 unspecified atom stereocenters. The molecule has 0 saturated carbocycles. The summed E-state index contributed by atoms with van der Waals surface area (Å²) in [6.45, 7) is 8.64. The first-order chi connectivity index (χ1) is 11.5. The number of hydrogen-bond donors (Lipinski definition) is 1. The van der Waals surface area contributed by atoms with E-state index in [1.807, 2.05) is 32.0 Å². The zero-order valence-corrected chi connectivity index (χ0v) is 16.2. The number of aryl methyl sites for hydroxylation is 2. The number of ether oxygens (including phenoxy) is 1. The van der Waals surface area contributed by atoms with E-state index in [4.69, 9.17) is 4.74 Å². The molecule has 0 aliphatic carbocycles. The van der Waals surface area contributed by atoms with Crippen molar-refractivity contribution in [3.8, 4) is 0 Å². The van der Waals surface area contributed by atoms with Crippen molar-refractivity contribution in [1.82, 2.24) is 4.90 Å². The van der Waals surface area contributed by atoms with Crippen molar-refractivity contribution < 1.29 is 14.3 Å². The van der Waals surface area contributed by atoms with Gasteiger partial charge < -0.3 is 15.0 Å². The van der Waals surface area contributed by atoms with E-state index < -0.39 is 0 Å². The average molecular weight is 369 g/mol. The normalized spacial score (nSPS) is 17.5. The van der Waals surface area contributed by atoms with E-state index in [-0.39, 0.29) is 30.2 Å². The number of piperidine rings is 1. The molecule has 1 aromatic rings. The fraction of sp³-hybridized carbons (Fsp3) is 0.579. The van der Waals surface area contributed by atoms with Crippen LogP contribution in [0.15, 0.2) is 18.2 Å². The van der Waals surface area contributed by atoms with Gasteiger partial charge in [-0.2, -0.15) is 0 Å². The Kier molecular flexibility index (Phi) is 8.93. The van der Waals surface area contributed by atoms with E-state index >= 15 is 0 Å². The number of benzene rings is 1. The topological polar surface area (TPSA) is 58.6 Å². The first kappa shape index (κ1) is 21.5. The van der Waals surface area contributed by atoms with Crippen LogP contribution >= 0.6 is 12.4 Å². The first-order valence-corrected chi connectivity index (χ1v) is 8.75. The van der Waals surface area contributed by atoms with Crippen molar-refractivity contribution in [3.05, 3.63) is 29.3 Å². The summed E-state index contributed by atoms with van der Waals surface area (Å²) in [5.41, 5.74) is 3.22. The molecule has 25 heavy (non-hydrogen) atoms. The number of nitrogens with one attached hydrogen (secondary N) is 1. The number of hydrogen-bond acceptors (Lipinski definition) is 4. The van der Waals surface area contributed by atoms with Gasteiger partial charge in [0.2, 0.25) is 5.91 Å². The minimum atomic E-state index is -0.109. The van der Waals surface area contributed by atoms with E-state index in [9.17, 15) is 9.59 Å². The number of likely N-dealkylation sites (tertiary alicyclic amines) is 1. The number of carbonyl (C=O) groups excluding carboxylic acids is 2. The molecule has 1 N–H and O–H groups in total. The quantitative estimate of drug-likeness (QED) is 0.782. The van der Waals surface area contributed by atoms with Crippen LogP contribution in [0.25, 0.3) is 0 Å². The maximum absolute atomic E-state index is 12.1. The smallest absolute Gasteiger partial charge is 0.310 e. The summed E-state index contributed by atoms with van der Waals surface area (Å²) >= 11 is 0. The van der Waals surface area contributed by atoms with Crippen LogP contribution in [0.1, 0.15) is 37.3 Å². The van der Waals surface area contributed by atoms with Crippen molar-refractivity contribution in [1.29, 1.82) is 0 Å². The standard InChI is InChI=1S/C19H28N2O3.ClH/c1-4-24-19(23)16-6-5-10-21(13-16)11-9-18(22)20-17-8-7-14(2)15(3)12-17;/h7-8,12,16H,4-6,9-11,13H2,1-3H3,(H,20,22);1H. The largest absolute Gasteiger partial charge is 0.466 e. The highest BCUT2D eigenvalue weighted by molar-refractivity contribution is 5.90. The summed E-state index contributed by atoms with van der Waals surface area (Å²) in [6.07, 6.45) is 2.29. The molecule has 0 radical (unpaired) electrons. The maximum Gasteiger partial charge on any atom is 0.310 e. The lowest BCUT2D eigenvalue weighted by atomic mass is 9.98. The average Bonchev–Trinajstić information content (AvgIpc) is 2.57. The van der Waals surface area contributed by atoms with Crippen LogP contribution < -0.4 is 5.32 Å². The van der Waals surface area contributed by atoms with Crippen LogP contribution in [-0.2, 0) is 14.3 Å². The Morgan fingerprint density at radius 1 is 1.28 bits per heavy atom. The monoisotopic (exact) mass is 368 g/mol. The lowest BCUT2D eigenvalue weighted by molar-refractivity contribution is -0.149. The van der Waals surface area contributed by atoms with Crippen molar-refractivity contribution in [2.24, 2.45) is 5.92 Å². The highest BCUT2D eigenvalue weighted by Crippen LogP contribution is 2.18. The molecule has 1 amide bonds. The summed E-state index contributed by atoms with van der Waals surface area (Å²) < 4.78 is 5.11. The third-order valence-electron chi connectivity index (χ3n) is 4.57. The SMILES string of the molecule is CCOC(=O)C1CCCN(CCC(=O)Nc2ccc(C)c(C)c2)C1.Cl. The number of carbonyl (C=O) groups is 2. The van der Waals surface area contributed by atoms with Crippen LogP contribution in [0.5, 0.6) is 0 Å². The van der Waals surface area contributed by atoms with Gasteiger partial charge in [0, 0.05) is 25.2 Å². The molecule has 1 saturated heterocycles. The van der Waals surface area contributed by atoms with Gasteiger partial charge in [-0.05, 0) is 63.4 Å². The van der Waals surface area contributed by atoms with Gasteiger partial charge in [-0.3, -0.25) is 9.59 Å². The Balaban J connectivity index is 0.00000312. The number of anilines is 1. The molecule has 1 heterocycles. The molecule has 140 valence electrons. The third kappa shape index (κ3) is 6.67. The number of esters is 1. The first-order valence-electron chi connectivity index (χ1n) is 8.75. The second-order valence-electron chi connectivity index (χ2n) is 6.49. The number of rotatable bonds is 6. The Hall–Kier alpha value is -1.59. The van der Waals surface area contributed by atoms with E-state index in [0.29, 0.717) is 26.1 Å². The lowest BCUT2D eigenvalue weighted by Crippen LogP contribution is -2.40. The molecular formula is C19H29ClN2O3. The summed E-state index contributed by atoms with van der Waals surface area (Å²) in [5.74, 6) is -0.153. The van der Waals surface area contributed by atoms with Gasteiger partial charge in [-0.1, -0.05) is 6.07 Å². The highest BCUT2D eigenvalue weighted by Gasteiger charge is 2.26. The molecule has 1 fully saturated rings. The molecule has 1 aliphatic rings. The minimum Gasteiger partial charge on any atom is -0.466 e. The number of amides is 1. The molecule has 1 aliphatic heterocycles. The Morgan fingerprint density at radius 3 is 2.72 bits per heavy atom. The van der Waals surface area contributed by atoms with Crippen LogP contribution in [0.2, 0.25) is 0 Å². The molecule has 0 aromatic heterocycles. The van der Waals surface area contributed by atoms with E-state index in [2.05, 4.69) is 17.1 Å². The van der Waals surface area contributed by atoms with Crippen molar-refractivity contribution in [3.63, 3.8) is 0 Å². The van der Waals surface area contributed by atoms with Gasteiger partial charge in [0.05, 0.1) is 12.5 Å². The van der Waals surface area contributed by atoms with Crippen molar-refractivity contribution in [2.45, 2.75) is 40.0 Å². The molecule has 0 spiro atoms. The molecule has 1 aromatic carbocycles. The van der Waals surface area contributed by atoms with Gasteiger partial charge >= 0.3 is 5.97 Å². The Morgan fingerprint density at radius 2 is 2.04 bits per heavy atom. The van der Waals surface area contributed by atoms with Gasteiger partial charge in [0.25, 0.3) is 0 Å². The Labute approximate surface area is 156 Å².